The summed E-state index contributed by atoms with van der Waals surface area (Å²) in [7, 11) is 0. The first kappa shape index (κ1) is 15.9. The molecule has 1 unspecified atom stereocenters. The number of carbonyl (C=O) groups is 1. The lowest BCUT2D eigenvalue weighted by Gasteiger charge is -2.11. The van der Waals surface area contributed by atoms with Gasteiger partial charge in [-0.3, -0.25) is 19.0 Å². The van der Waals surface area contributed by atoms with Crippen LogP contribution in [0.3, 0.4) is 0 Å². The molecule has 0 fully saturated rings. The molecule has 2 heterocycles. The summed E-state index contributed by atoms with van der Waals surface area (Å²) < 4.78 is 1.30. The summed E-state index contributed by atoms with van der Waals surface area (Å²) in [4.78, 5) is 32.9. The average molecular weight is 322 g/mol. The molecule has 0 aliphatic carbocycles. The molecule has 1 aromatic carbocycles. The Kier molecular flexibility index (Phi) is 4.37. The van der Waals surface area contributed by atoms with Crippen molar-refractivity contribution in [2.24, 2.45) is 0 Å². The number of anilines is 1. The highest BCUT2D eigenvalue weighted by Gasteiger charge is 2.14. The van der Waals surface area contributed by atoms with Crippen LogP contribution >= 0.6 is 0 Å². The molecule has 3 aromatic rings. The van der Waals surface area contributed by atoms with Gasteiger partial charge in [-0.05, 0) is 30.0 Å². The maximum absolute atomic E-state index is 12.4. The zero-order chi connectivity index (χ0) is 17.1. The Morgan fingerprint density at radius 2 is 2.17 bits per heavy atom. The molecule has 6 nitrogen and oxygen atoms in total. The molecule has 24 heavy (non-hydrogen) atoms. The Morgan fingerprint density at radius 1 is 1.33 bits per heavy atom. The molecule has 0 saturated carbocycles. The third-order valence-electron chi connectivity index (χ3n) is 4.08. The fourth-order valence-corrected chi connectivity index (χ4v) is 2.45. The lowest BCUT2D eigenvalue weighted by atomic mass is 9.98. The van der Waals surface area contributed by atoms with Gasteiger partial charge in [0.15, 0.2) is 5.65 Å². The van der Waals surface area contributed by atoms with Gasteiger partial charge in [0.05, 0.1) is 6.20 Å². The summed E-state index contributed by atoms with van der Waals surface area (Å²) in [6.07, 6.45) is 6.74. The van der Waals surface area contributed by atoms with Crippen molar-refractivity contribution in [3.63, 3.8) is 0 Å². The second-order valence-electron chi connectivity index (χ2n) is 5.67. The highest BCUT2D eigenvalue weighted by atomic mass is 16.2. The normalized spacial score (nSPS) is 12.1. The molecule has 1 N–H and O–H groups in total. The van der Waals surface area contributed by atoms with E-state index >= 15 is 0 Å². The molecular formula is C18H18N4O2. The predicted molar refractivity (Wildman–Crippen MR) is 92.4 cm³/mol. The molecule has 1 amide bonds. The number of fused-ring (bicyclic) bond motifs is 1. The first-order valence-corrected chi connectivity index (χ1v) is 7.83. The number of carbonyl (C=O) groups excluding carboxylic acids is 1. The SMILES string of the molecule is CCC(C)c1cccc(NC(=O)c2cnc3cnccn3c2=O)c1. The van der Waals surface area contributed by atoms with Crippen LogP contribution < -0.4 is 10.9 Å². The first-order valence-electron chi connectivity index (χ1n) is 7.83. The lowest BCUT2D eigenvalue weighted by Crippen LogP contribution is -2.26. The zero-order valence-electron chi connectivity index (χ0n) is 13.6. The van der Waals surface area contributed by atoms with Crippen molar-refractivity contribution in [1.82, 2.24) is 14.4 Å². The van der Waals surface area contributed by atoms with Gasteiger partial charge in [0.25, 0.3) is 11.5 Å². The fraction of sp³-hybridized carbons (Fsp3) is 0.222. The van der Waals surface area contributed by atoms with Crippen LogP contribution in [-0.2, 0) is 0 Å². The van der Waals surface area contributed by atoms with Gasteiger partial charge in [0.2, 0.25) is 0 Å². The van der Waals surface area contributed by atoms with E-state index in [0.29, 0.717) is 17.3 Å². The Morgan fingerprint density at radius 3 is 2.96 bits per heavy atom. The van der Waals surface area contributed by atoms with Crippen molar-refractivity contribution >= 4 is 17.2 Å². The summed E-state index contributed by atoms with van der Waals surface area (Å²) in [5, 5.41) is 2.78. The minimum atomic E-state index is -0.472. The van der Waals surface area contributed by atoms with Crippen LogP contribution in [0.2, 0.25) is 0 Å². The fourth-order valence-electron chi connectivity index (χ4n) is 2.45. The van der Waals surface area contributed by atoms with E-state index in [-0.39, 0.29) is 5.56 Å². The van der Waals surface area contributed by atoms with Gasteiger partial charge in [-0.15, -0.1) is 0 Å². The second-order valence-corrected chi connectivity index (χ2v) is 5.67. The topological polar surface area (TPSA) is 76.4 Å². The van der Waals surface area contributed by atoms with Crippen molar-refractivity contribution in [1.29, 1.82) is 0 Å². The van der Waals surface area contributed by atoms with Gasteiger partial charge in [-0.2, -0.15) is 0 Å². The Hall–Kier alpha value is -3.02. The van der Waals surface area contributed by atoms with Crippen molar-refractivity contribution in [2.75, 3.05) is 5.32 Å². The van der Waals surface area contributed by atoms with Crippen LogP contribution in [-0.4, -0.2) is 20.3 Å². The van der Waals surface area contributed by atoms with Crippen molar-refractivity contribution in [2.45, 2.75) is 26.2 Å². The van der Waals surface area contributed by atoms with Crippen LogP contribution in [0.15, 0.2) is 53.8 Å². The lowest BCUT2D eigenvalue weighted by molar-refractivity contribution is 0.102. The molecular weight excluding hydrogens is 304 g/mol. The van der Waals surface area contributed by atoms with E-state index in [4.69, 9.17) is 0 Å². The number of aromatic nitrogens is 3. The predicted octanol–water partition coefficient (Wildman–Crippen LogP) is 2.86. The molecule has 0 aliphatic rings. The van der Waals surface area contributed by atoms with Crippen molar-refractivity contribution < 1.29 is 4.79 Å². The third kappa shape index (κ3) is 3.03. The smallest absolute Gasteiger partial charge is 0.270 e. The Balaban J connectivity index is 1.91. The molecule has 0 saturated heterocycles. The zero-order valence-corrected chi connectivity index (χ0v) is 13.6. The van der Waals surface area contributed by atoms with Crippen molar-refractivity contribution in [3.05, 3.63) is 70.5 Å². The van der Waals surface area contributed by atoms with E-state index in [2.05, 4.69) is 29.1 Å². The average Bonchev–Trinajstić information content (AvgIpc) is 2.61. The van der Waals surface area contributed by atoms with E-state index in [0.717, 1.165) is 12.0 Å². The highest BCUT2D eigenvalue weighted by molar-refractivity contribution is 6.03. The van der Waals surface area contributed by atoms with E-state index in [9.17, 15) is 9.59 Å². The molecule has 1 atom stereocenters. The molecule has 0 aliphatic heterocycles. The number of hydrogen-bond donors (Lipinski definition) is 1. The van der Waals surface area contributed by atoms with Gasteiger partial charge in [-0.25, -0.2) is 4.98 Å². The Labute approximate surface area is 139 Å². The number of nitrogens with one attached hydrogen (secondary N) is 1. The minimum absolute atomic E-state index is 0.00681. The second kappa shape index (κ2) is 6.62. The number of benzene rings is 1. The summed E-state index contributed by atoms with van der Waals surface area (Å²) >= 11 is 0. The van der Waals surface area contributed by atoms with Crippen LogP contribution in [0.1, 0.15) is 42.1 Å². The largest absolute Gasteiger partial charge is 0.322 e. The van der Waals surface area contributed by atoms with Crippen LogP contribution in [0.25, 0.3) is 5.65 Å². The molecule has 3 rings (SSSR count). The summed E-state index contributed by atoms with van der Waals surface area (Å²) in [6, 6.07) is 7.67. The molecule has 0 spiro atoms. The number of rotatable bonds is 4. The molecule has 0 bridgehead atoms. The number of nitrogens with zero attached hydrogens (tertiary/aromatic N) is 3. The molecule has 2 aromatic heterocycles. The van der Waals surface area contributed by atoms with E-state index in [1.54, 1.807) is 6.07 Å². The molecule has 6 heteroatoms. The van der Waals surface area contributed by atoms with Gasteiger partial charge in [-0.1, -0.05) is 26.0 Å². The van der Waals surface area contributed by atoms with E-state index < -0.39 is 11.5 Å². The van der Waals surface area contributed by atoms with Crippen LogP contribution in [0, 0.1) is 0 Å². The summed E-state index contributed by atoms with van der Waals surface area (Å²) in [5.74, 6) is -0.0673. The number of hydrogen-bond acceptors (Lipinski definition) is 4. The van der Waals surface area contributed by atoms with E-state index in [1.165, 1.54) is 29.2 Å². The van der Waals surface area contributed by atoms with Crippen molar-refractivity contribution in [3.8, 4) is 0 Å². The molecule has 122 valence electrons. The van der Waals surface area contributed by atoms with Crippen LogP contribution in [0.5, 0.6) is 0 Å². The molecule has 0 radical (unpaired) electrons. The monoisotopic (exact) mass is 322 g/mol. The quantitative estimate of drug-likeness (QED) is 0.801. The minimum Gasteiger partial charge on any atom is -0.322 e. The maximum atomic E-state index is 12.4. The Bertz CT molecular complexity index is 949. The number of amides is 1. The van der Waals surface area contributed by atoms with Gasteiger partial charge >= 0.3 is 0 Å². The van der Waals surface area contributed by atoms with Gasteiger partial charge in [0.1, 0.15) is 5.56 Å². The standard InChI is InChI=1S/C18H18N4O2/c1-3-12(2)13-5-4-6-14(9-13)21-17(23)15-10-20-16-11-19-7-8-22(16)18(15)24/h4-12H,3H2,1-2H3,(H,21,23). The van der Waals surface area contributed by atoms with Gasteiger partial charge in [0, 0.05) is 24.3 Å². The summed E-state index contributed by atoms with van der Waals surface area (Å²) in [5.41, 5.74) is 1.79. The first-order chi connectivity index (χ1) is 11.6. The van der Waals surface area contributed by atoms with Gasteiger partial charge < -0.3 is 5.32 Å². The highest BCUT2D eigenvalue weighted by Crippen LogP contribution is 2.21. The third-order valence-corrected chi connectivity index (χ3v) is 4.08. The van der Waals surface area contributed by atoms with Crippen LogP contribution in [0.4, 0.5) is 5.69 Å². The van der Waals surface area contributed by atoms with E-state index in [1.807, 2.05) is 18.2 Å². The maximum Gasteiger partial charge on any atom is 0.270 e. The summed E-state index contributed by atoms with van der Waals surface area (Å²) in [6.45, 7) is 4.25.